The molecule has 0 aliphatic heterocycles. The Morgan fingerprint density at radius 3 is 2.77 bits per heavy atom. The highest BCUT2D eigenvalue weighted by atomic mass is 16.6. The number of amides is 1. The molecule has 1 aromatic rings. The second kappa shape index (κ2) is 4.97. The first-order chi connectivity index (χ1) is 10.4. The Hall–Kier alpha value is -2.64. The van der Waals surface area contributed by atoms with E-state index < -0.39 is 10.8 Å². The van der Waals surface area contributed by atoms with E-state index in [1.807, 2.05) is 12.2 Å². The second-order valence-corrected chi connectivity index (χ2v) is 5.85. The van der Waals surface area contributed by atoms with Gasteiger partial charge in [-0.1, -0.05) is 12.2 Å². The molecule has 3 rings (SSSR count). The van der Waals surface area contributed by atoms with E-state index in [1.54, 1.807) is 6.92 Å². The van der Waals surface area contributed by atoms with Gasteiger partial charge in [0.15, 0.2) is 0 Å². The molecule has 0 aromatic carbocycles. The van der Waals surface area contributed by atoms with Crippen molar-refractivity contribution in [2.45, 2.75) is 19.4 Å². The molecule has 0 spiro atoms. The zero-order valence-corrected chi connectivity index (χ0v) is 12.0. The SMILES string of the molecule is Cc1cnc(N)c([N+](=O)[O-])c1N[C@H]1[C@@H](C(N)=O)[C@@H]2C=C[C@H]1C2. The topological polar surface area (TPSA) is 137 Å². The number of allylic oxidation sites excluding steroid dienone is 1. The highest BCUT2D eigenvalue weighted by Gasteiger charge is 2.48. The van der Waals surface area contributed by atoms with Crippen molar-refractivity contribution >= 4 is 23.1 Å². The molecule has 116 valence electrons. The molecule has 0 radical (unpaired) electrons. The van der Waals surface area contributed by atoms with Crippen molar-refractivity contribution in [3.05, 3.63) is 34.0 Å². The highest BCUT2D eigenvalue weighted by Crippen LogP contribution is 2.46. The van der Waals surface area contributed by atoms with Crippen LogP contribution >= 0.6 is 0 Å². The Labute approximate surface area is 126 Å². The number of primary amides is 1. The molecule has 5 N–H and O–H groups in total. The minimum atomic E-state index is -0.556. The normalized spacial score (nSPS) is 28.8. The summed E-state index contributed by atoms with van der Waals surface area (Å²) in [4.78, 5) is 26.3. The van der Waals surface area contributed by atoms with Crippen molar-refractivity contribution in [2.24, 2.45) is 23.5 Å². The van der Waals surface area contributed by atoms with Crippen molar-refractivity contribution in [3.8, 4) is 0 Å². The fourth-order valence-electron chi connectivity index (χ4n) is 3.55. The minimum Gasteiger partial charge on any atom is -0.378 e. The van der Waals surface area contributed by atoms with E-state index >= 15 is 0 Å². The van der Waals surface area contributed by atoms with Gasteiger partial charge in [-0.05, 0) is 30.7 Å². The van der Waals surface area contributed by atoms with E-state index in [-0.39, 0.29) is 35.3 Å². The number of carbonyl (C=O) groups excluding carboxylic acids is 1. The minimum absolute atomic E-state index is 0.0959. The molecule has 8 nitrogen and oxygen atoms in total. The first kappa shape index (κ1) is 14.3. The van der Waals surface area contributed by atoms with Gasteiger partial charge in [0, 0.05) is 12.2 Å². The quantitative estimate of drug-likeness (QED) is 0.430. The van der Waals surface area contributed by atoms with Gasteiger partial charge in [0.25, 0.3) is 0 Å². The molecule has 1 aromatic heterocycles. The lowest BCUT2D eigenvalue weighted by molar-refractivity contribution is -0.383. The first-order valence-corrected chi connectivity index (χ1v) is 7.03. The van der Waals surface area contributed by atoms with Crippen molar-refractivity contribution in [3.63, 3.8) is 0 Å². The average molecular weight is 303 g/mol. The first-order valence-electron chi connectivity index (χ1n) is 7.03. The number of pyridine rings is 1. The number of aromatic nitrogens is 1. The van der Waals surface area contributed by atoms with Crippen molar-refractivity contribution in [2.75, 3.05) is 11.1 Å². The molecule has 2 aliphatic rings. The van der Waals surface area contributed by atoms with Crippen LogP contribution in [-0.4, -0.2) is 21.9 Å². The van der Waals surface area contributed by atoms with Gasteiger partial charge in [-0.3, -0.25) is 14.9 Å². The maximum Gasteiger partial charge on any atom is 0.334 e. The van der Waals surface area contributed by atoms with Crippen LogP contribution in [0.5, 0.6) is 0 Å². The molecule has 2 aliphatic carbocycles. The smallest absolute Gasteiger partial charge is 0.334 e. The van der Waals surface area contributed by atoms with Gasteiger partial charge < -0.3 is 16.8 Å². The van der Waals surface area contributed by atoms with Gasteiger partial charge in [-0.2, -0.15) is 0 Å². The number of carbonyl (C=O) groups is 1. The maximum atomic E-state index is 11.7. The van der Waals surface area contributed by atoms with E-state index in [2.05, 4.69) is 10.3 Å². The molecule has 1 heterocycles. The molecular formula is C14H17N5O3. The number of nitrogen functional groups attached to an aromatic ring is 1. The van der Waals surface area contributed by atoms with Crippen LogP contribution in [0.3, 0.4) is 0 Å². The van der Waals surface area contributed by atoms with Crippen molar-refractivity contribution in [1.82, 2.24) is 4.98 Å². The maximum absolute atomic E-state index is 11.7. The van der Waals surface area contributed by atoms with Crippen LogP contribution in [0.1, 0.15) is 12.0 Å². The van der Waals surface area contributed by atoms with Gasteiger partial charge in [0.1, 0.15) is 5.69 Å². The number of nitrogens with two attached hydrogens (primary N) is 2. The van der Waals surface area contributed by atoms with Crippen LogP contribution < -0.4 is 16.8 Å². The third kappa shape index (κ3) is 2.07. The van der Waals surface area contributed by atoms with Crippen molar-refractivity contribution < 1.29 is 9.72 Å². The lowest BCUT2D eigenvalue weighted by Crippen LogP contribution is -2.41. The fraction of sp³-hybridized carbons (Fsp3) is 0.429. The standard InChI is InChI=1S/C14H17N5O3/c1-6-5-17-13(15)12(19(21)22)10(6)18-11-8-3-2-7(4-8)9(11)14(16)20/h2-3,5,7-9,11H,4H2,1H3,(H2,16,20)(H3,15,17,18)/t7-,8+,9+,11-/m1/s1. The molecule has 2 bridgehead atoms. The Bertz CT molecular complexity index is 687. The summed E-state index contributed by atoms with van der Waals surface area (Å²) < 4.78 is 0. The van der Waals surface area contributed by atoms with E-state index in [4.69, 9.17) is 11.5 Å². The van der Waals surface area contributed by atoms with Gasteiger partial charge in [-0.25, -0.2) is 4.98 Å². The number of hydrogen-bond donors (Lipinski definition) is 3. The lowest BCUT2D eigenvalue weighted by Gasteiger charge is -2.28. The van der Waals surface area contributed by atoms with Crippen LogP contribution in [0.4, 0.5) is 17.2 Å². The summed E-state index contributed by atoms with van der Waals surface area (Å²) in [6.45, 7) is 1.71. The largest absolute Gasteiger partial charge is 0.378 e. The number of anilines is 2. The Kier molecular flexibility index (Phi) is 3.23. The van der Waals surface area contributed by atoms with Crippen molar-refractivity contribution in [1.29, 1.82) is 0 Å². The Morgan fingerprint density at radius 1 is 1.45 bits per heavy atom. The lowest BCUT2D eigenvalue weighted by atomic mass is 9.88. The molecule has 4 atom stereocenters. The van der Waals surface area contributed by atoms with Crippen LogP contribution in [-0.2, 0) is 4.79 Å². The zero-order valence-electron chi connectivity index (χ0n) is 12.0. The number of fused-ring (bicyclic) bond motifs is 2. The summed E-state index contributed by atoms with van der Waals surface area (Å²) in [5.74, 6) is -0.679. The number of aryl methyl sites for hydroxylation is 1. The molecule has 0 saturated heterocycles. The molecule has 1 saturated carbocycles. The summed E-state index contributed by atoms with van der Waals surface area (Å²) in [5.41, 5.74) is 11.8. The van der Waals surface area contributed by atoms with E-state index in [0.717, 1.165) is 6.42 Å². The molecule has 8 heteroatoms. The zero-order chi connectivity index (χ0) is 16.0. The van der Waals surface area contributed by atoms with Crippen LogP contribution in [0.2, 0.25) is 0 Å². The number of nitrogens with zero attached hydrogens (tertiary/aromatic N) is 2. The summed E-state index contributed by atoms with van der Waals surface area (Å²) in [6.07, 6.45) is 6.35. The van der Waals surface area contributed by atoms with Crippen LogP contribution in [0.15, 0.2) is 18.3 Å². The molecule has 0 unspecified atom stereocenters. The third-order valence-corrected chi connectivity index (χ3v) is 4.55. The van der Waals surface area contributed by atoms with Gasteiger partial charge in [0.2, 0.25) is 11.7 Å². The number of nitrogens with one attached hydrogen (secondary N) is 1. The number of hydrogen-bond acceptors (Lipinski definition) is 6. The highest BCUT2D eigenvalue weighted by molar-refractivity contribution is 5.81. The molecular weight excluding hydrogens is 286 g/mol. The summed E-state index contributed by atoms with van der Waals surface area (Å²) in [5, 5.41) is 14.4. The van der Waals surface area contributed by atoms with E-state index in [1.165, 1.54) is 6.20 Å². The molecule has 1 fully saturated rings. The second-order valence-electron chi connectivity index (χ2n) is 5.85. The number of rotatable bonds is 4. The molecule has 22 heavy (non-hydrogen) atoms. The number of nitro groups is 1. The fourth-order valence-corrected chi connectivity index (χ4v) is 3.55. The van der Waals surface area contributed by atoms with Gasteiger partial charge >= 0.3 is 5.69 Å². The van der Waals surface area contributed by atoms with Gasteiger partial charge in [0.05, 0.1) is 10.8 Å². The van der Waals surface area contributed by atoms with Crippen LogP contribution in [0.25, 0.3) is 0 Å². The summed E-state index contributed by atoms with van der Waals surface area (Å²) in [7, 11) is 0. The summed E-state index contributed by atoms with van der Waals surface area (Å²) >= 11 is 0. The Balaban J connectivity index is 2.00. The van der Waals surface area contributed by atoms with Crippen LogP contribution in [0, 0.1) is 34.8 Å². The molecule has 1 amide bonds. The predicted octanol–water partition coefficient (Wildman–Crippen LogP) is 0.968. The van der Waals surface area contributed by atoms with Gasteiger partial charge in [-0.15, -0.1) is 0 Å². The monoisotopic (exact) mass is 303 g/mol. The Morgan fingerprint density at radius 2 is 2.14 bits per heavy atom. The van der Waals surface area contributed by atoms with E-state index in [9.17, 15) is 14.9 Å². The summed E-state index contributed by atoms with van der Waals surface area (Å²) in [6, 6.07) is -0.258. The predicted molar refractivity (Wildman–Crippen MR) is 80.9 cm³/mol. The average Bonchev–Trinajstić information content (AvgIpc) is 3.03. The van der Waals surface area contributed by atoms with E-state index in [0.29, 0.717) is 11.3 Å². The third-order valence-electron chi connectivity index (χ3n) is 4.55.